The zero-order valence-electron chi connectivity index (χ0n) is 11.6. The third kappa shape index (κ3) is 4.28. The van der Waals surface area contributed by atoms with E-state index < -0.39 is 5.97 Å². The van der Waals surface area contributed by atoms with Gasteiger partial charge in [-0.2, -0.15) is 0 Å². The van der Waals surface area contributed by atoms with Crippen LogP contribution in [0, 0.1) is 0 Å². The predicted molar refractivity (Wildman–Crippen MR) is 82.9 cm³/mol. The Morgan fingerprint density at radius 3 is 3.00 bits per heavy atom. The number of amides is 2. The lowest BCUT2D eigenvalue weighted by Crippen LogP contribution is -2.41. The van der Waals surface area contributed by atoms with Crippen molar-refractivity contribution in [2.45, 2.75) is 23.8 Å². The molecule has 1 aromatic carbocycles. The molecule has 5 nitrogen and oxygen atoms in total. The van der Waals surface area contributed by atoms with Crippen molar-refractivity contribution in [3.63, 3.8) is 0 Å². The zero-order chi connectivity index (χ0) is 15.4. The Balaban J connectivity index is 2.02. The van der Waals surface area contributed by atoms with Gasteiger partial charge in [0.2, 0.25) is 0 Å². The molecule has 0 aromatic heterocycles. The Morgan fingerprint density at radius 2 is 2.29 bits per heavy atom. The average Bonchev–Trinajstić information content (AvgIpc) is 2.45. The van der Waals surface area contributed by atoms with E-state index in [1.807, 2.05) is 18.2 Å². The number of hydrogen-bond acceptors (Lipinski definition) is 3. The minimum atomic E-state index is -0.916. The first kappa shape index (κ1) is 16.0. The number of halogens is 1. The van der Waals surface area contributed by atoms with Gasteiger partial charge in [-0.05, 0) is 30.2 Å². The summed E-state index contributed by atoms with van der Waals surface area (Å²) in [5.74, 6) is 0.0131. The molecule has 0 saturated heterocycles. The first-order chi connectivity index (χ1) is 9.97. The maximum atomic E-state index is 12.1. The molecule has 0 aliphatic carbocycles. The van der Waals surface area contributed by atoms with E-state index in [1.54, 1.807) is 18.8 Å². The molecule has 2 amide bonds. The van der Waals surface area contributed by atoms with Crippen LogP contribution in [0.5, 0.6) is 0 Å². The molecule has 2 N–H and O–H groups in total. The molecule has 0 fully saturated rings. The normalized spacial score (nSPS) is 17.0. The summed E-state index contributed by atoms with van der Waals surface area (Å²) in [6, 6.07) is 5.34. The molecule has 21 heavy (non-hydrogen) atoms. The van der Waals surface area contributed by atoms with Gasteiger partial charge in [0.05, 0.1) is 12.5 Å². The standard InChI is InChI=1S/C14H17ClN2O3S/c1-17(6-4-13(18)19)14(20)16-11-5-7-21-12-3-2-9(15)8-10(11)12/h2-3,8,11H,4-7H2,1H3,(H,16,20)(H,18,19). The van der Waals surface area contributed by atoms with Crippen LogP contribution < -0.4 is 5.32 Å². The summed E-state index contributed by atoms with van der Waals surface area (Å²) in [6.45, 7) is 0.186. The monoisotopic (exact) mass is 328 g/mol. The zero-order valence-corrected chi connectivity index (χ0v) is 13.2. The maximum absolute atomic E-state index is 12.1. The topological polar surface area (TPSA) is 69.6 Å². The lowest BCUT2D eigenvalue weighted by atomic mass is 10.0. The lowest BCUT2D eigenvalue weighted by molar-refractivity contribution is -0.137. The number of thioether (sulfide) groups is 1. The van der Waals surface area contributed by atoms with Gasteiger partial charge in [0.25, 0.3) is 0 Å². The summed E-state index contributed by atoms with van der Waals surface area (Å²) < 4.78 is 0. The molecule has 1 aromatic rings. The summed E-state index contributed by atoms with van der Waals surface area (Å²) in [5, 5.41) is 12.2. The molecule has 114 valence electrons. The third-order valence-electron chi connectivity index (χ3n) is 3.32. The van der Waals surface area contributed by atoms with Crippen LogP contribution in [0.25, 0.3) is 0 Å². The van der Waals surface area contributed by atoms with Crippen LogP contribution in [-0.4, -0.2) is 41.4 Å². The van der Waals surface area contributed by atoms with E-state index in [0.717, 1.165) is 22.6 Å². The van der Waals surface area contributed by atoms with Gasteiger partial charge in [0.15, 0.2) is 0 Å². The number of nitrogens with zero attached hydrogens (tertiary/aromatic N) is 1. The molecule has 0 saturated carbocycles. The minimum absolute atomic E-state index is 0.0626. The molecule has 0 radical (unpaired) electrons. The number of carboxylic acids is 1. The fourth-order valence-electron chi connectivity index (χ4n) is 2.14. The van der Waals surface area contributed by atoms with Crippen molar-refractivity contribution in [2.24, 2.45) is 0 Å². The van der Waals surface area contributed by atoms with Crippen molar-refractivity contribution >= 4 is 35.4 Å². The van der Waals surface area contributed by atoms with Crippen LogP contribution in [0.1, 0.15) is 24.4 Å². The number of carbonyl (C=O) groups is 2. The van der Waals surface area contributed by atoms with E-state index in [2.05, 4.69) is 5.32 Å². The van der Waals surface area contributed by atoms with Gasteiger partial charge in [0.1, 0.15) is 0 Å². The van der Waals surface area contributed by atoms with Crippen LogP contribution in [-0.2, 0) is 4.79 Å². The van der Waals surface area contributed by atoms with Gasteiger partial charge in [-0.15, -0.1) is 11.8 Å². The highest BCUT2D eigenvalue weighted by Gasteiger charge is 2.23. The first-order valence-corrected chi connectivity index (χ1v) is 7.99. The van der Waals surface area contributed by atoms with Crippen molar-refractivity contribution in [1.82, 2.24) is 10.2 Å². The highest BCUT2D eigenvalue weighted by Crippen LogP contribution is 2.37. The molecule has 1 aliphatic heterocycles. The van der Waals surface area contributed by atoms with Gasteiger partial charge in [-0.3, -0.25) is 4.79 Å². The Kier molecular flexibility index (Phi) is 5.36. The van der Waals surface area contributed by atoms with Crippen molar-refractivity contribution in [3.05, 3.63) is 28.8 Å². The highest BCUT2D eigenvalue weighted by atomic mass is 35.5. The van der Waals surface area contributed by atoms with Gasteiger partial charge < -0.3 is 15.3 Å². The van der Waals surface area contributed by atoms with Gasteiger partial charge in [0, 0.05) is 29.3 Å². The number of rotatable bonds is 4. The molecule has 1 atom stereocenters. The maximum Gasteiger partial charge on any atom is 0.317 e. The van der Waals surface area contributed by atoms with E-state index in [9.17, 15) is 9.59 Å². The molecule has 7 heteroatoms. The smallest absolute Gasteiger partial charge is 0.317 e. The Hall–Kier alpha value is -1.40. The Bertz CT molecular complexity index is 553. The molecule has 0 spiro atoms. The number of fused-ring (bicyclic) bond motifs is 1. The van der Waals surface area contributed by atoms with E-state index in [-0.39, 0.29) is 25.0 Å². The van der Waals surface area contributed by atoms with E-state index in [0.29, 0.717) is 5.02 Å². The van der Waals surface area contributed by atoms with Crippen molar-refractivity contribution in [1.29, 1.82) is 0 Å². The first-order valence-electron chi connectivity index (χ1n) is 6.63. The summed E-state index contributed by atoms with van der Waals surface area (Å²) in [5.41, 5.74) is 1.03. The van der Waals surface area contributed by atoms with Crippen molar-refractivity contribution in [3.8, 4) is 0 Å². The van der Waals surface area contributed by atoms with Crippen molar-refractivity contribution < 1.29 is 14.7 Å². The molecule has 2 rings (SSSR count). The number of aliphatic carboxylic acids is 1. The number of hydrogen-bond donors (Lipinski definition) is 2. The molecule has 1 heterocycles. The van der Waals surface area contributed by atoms with Crippen LogP contribution >= 0.6 is 23.4 Å². The van der Waals surface area contributed by atoms with Crippen LogP contribution in [0.2, 0.25) is 5.02 Å². The van der Waals surface area contributed by atoms with Crippen LogP contribution in [0.15, 0.2) is 23.1 Å². The molecular weight excluding hydrogens is 312 g/mol. The minimum Gasteiger partial charge on any atom is -0.481 e. The van der Waals surface area contributed by atoms with E-state index in [4.69, 9.17) is 16.7 Å². The summed E-state index contributed by atoms with van der Waals surface area (Å²) >= 11 is 7.78. The SMILES string of the molecule is CN(CCC(=O)O)C(=O)NC1CCSc2ccc(Cl)cc21. The number of nitrogens with one attached hydrogen (secondary N) is 1. The van der Waals surface area contributed by atoms with Crippen LogP contribution in [0.4, 0.5) is 4.79 Å². The third-order valence-corrected chi connectivity index (χ3v) is 4.67. The lowest BCUT2D eigenvalue weighted by Gasteiger charge is -2.28. The summed E-state index contributed by atoms with van der Waals surface area (Å²) in [4.78, 5) is 25.2. The molecular formula is C14H17ClN2O3S. The van der Waals surface area contributed by atoms with E-state index in [1.165, 1.54) is 4.90 Å². The predicted octanol–water partition coefficient (Wildman–Crippen LogP) is 2.99. The second-order valence-corrected chi connectivity index (χ2v) is 6.46. The Morgan fingerprint density at radius 1 is 1.52 bits per heavy atom. The highest BCUT2D eigenvalue weighted by molar-refractivity contribution is 7.99. The number of urea groups is 1. The largest absolute Gasteiger partial charge is 0.481 e. The second kappa shape index (κ2) is 7.04. The molecule has 1 aliphatic rings. The number of carboxylic acid groups (broad SMARTS) is 1. The molecule has 1 unspecified atom stereocenters. The summed E-state index contributed by atoms with van der Waals surface area (Å²) in [6.07, 6.45) is 0.767. The number of benzene rings is 1. The van der Waals surface area contributed by atoms with Gasteiger partial charge >= 0.3 is 12.0 Å². The van der Waals surface area contributed by atoms with Crippen molar-refractivity contribution in [2.75, 3.05) is 19.3 Å². The van der Waals surface area contributed by atoms with E-state index >= 15 is 0 Å². The fourth-order valence-corrected chi connectivity index (χ4v) is 3.43. The number of carbonyl (C=O) groups excluding carboxylic acids is 1. The van der Waals surface area contributed by atoms with Gasteiger partial charge in [-0.25, -0.2) is 4.79 Å². The Labute approximate surface area is 132 Å². The quantitative estimate of drug-likeness (QED) is 0.891. The molecule has 0 bridgehead atoms. The van der Waals surface area contributed by atoms with Gasteiger partial charge in [-0.1, -0.05) is 11.6 Å². The summed E-state index contributed by atoms with van der Waals surface area (Å²) in [7, 11) is 1.59. The van der Waals surface area contributed by atoms with Crippen LogP contribution in [0.3, 0.4) is 0 Å². The fraction of sp³-hybridized carbons (Fsp3) is 0.429. The average molecular weight is 329 g/mol. The second-order valence-electron chi connectivity index (χ2n) is 4.89.